The number of ether oxygens (including phenoxy) is 2. The van der Waals surface area contributed by atoms with Crippen molar-refractivity contribution < 1.29 is 13.9 Å². The average Bonchev–Trinajstić information content (AvgIpc) is 2.47. The molecule has 2 N–H and O–H groups in total. The van der Waals surface area contributed by atoms with Crippen molar-refractivity contribution in [3.05, 3.63) is 53.6 Å². The molecule has 1 atom stereocenters. The van der Waals surface area contributed by atoms with Gasteiger partial charge in [0, 0.05) is 6.20 Å². The minimum Gasteiger partial charge on any atom is -0.495 e. The molecule has 19 heavy (non-hydrogen) atoms. The number of methoxy groups -OCH3 is 2. The monoisotopic (exact) mass is 262 g/mol. The van der Waals surface area contributed by atoms with Gasteiger partial charge in [-0.3, -0.25) is 4.98 Å². The maximum absolute atomic E-state index is 13.4. The molecule has 1 aromatic heterocycles. The first-order chi connectivity index (χ1) is 9.17. The Morgan fingerprint density at radius 1 is 1.16 bits per heavy atom. The quantitative estimate of drug-likeness (QED) is 0.918. The maximum atomic E-state index is 13.4. The Kier molecular flexibility index (Phi) is 3.97. The fourth-order valence-corrected chi connectivity index (χ4v) is 1.84. The van der Waals surface area contributed by atoms with Gasteiger partial charge in [-0.1, -0.05) is 6.07 Å². The van der Waals surface area contributed by atoms with E-state index in [4.69, 9.17) is 15.2 Å². The van der Waals surface area contributed by atoms with Crippen LogP contribution >= 0.6 is 0 Å². The lowest BCUT2D eigenvalue weighted by molar-refractivity contribution is 0.385. The van der Waals surface area contributed by atoms with Crippen LogP contribution in [-0.2, 0) is 0 Å². The van der Waals surface area contributed by atoms with E-state index in [-0.39, 0.29) is 5.75 Å². The Labute approximate surface area is 111 Å². The first-order valence-electron chi connectivity index (χ1n) is 5.75. The summed E-state index contributed by atoms with van der Waals surface area (Å²) in [6.45, 7) is 0. The van der Waals surface area contributed by atoms with E-state index in [1.165, 1.54) is 13.2 Å². The fraction of sp³-hybridized carbons (Fsp3) is 0.214. The van der Waals surface area contributed by atoms with Gasteiger partial charge >= 0.3 is 0 Å². The van der Waals surface area contributed by atoms with Gasteiger partial charge in [0.25, 0.3) is 0 Å². The third kappa shape index (κ3) is 2.66. The Balaban J connectivity index is 2.41. The number of aromatic nitrogens is 1. The van der Waals surface area contributed by atoms with Gasteiger partial charge in [0.15, 0.2) is 11.6 Å². The standard InChI is InChI=1S/C14H15FN2O2/c1-18-11-4-3-7-17-14(11)13(16)9-5-6-10(15)12(8-9)19-2/h3-8,13H,16H2,1-2H3. The van der Waals surface area contributed by atoms with Gasteiger partial charge in [-0.05, 0) is 29.8 Å². The molecule has 0 saturated heterocycles. The molecule has 0 amide bonds. The van der Waals surface area contributed by atoms with Gasteiger partial charge in [-0.15, -0.1) is 0 Å². The summed E-state index contributed by atoms with van der Waals surface area (Å²) in [6.07, 6.45) is 1.64. The van der Waals surface area contributed by atoms with E-state index >= 15 is 0 Å². The molecule has 100 valence electrons. The van der Waals surface area contributed by atoms with Crippen molar-refractivity contribution in [2.24, 2.45) is 5.73 Å². The van der Waals surface area contributed by atoms with Crippen LogP contribution in [0.15, 0.2) is 36.5 Å². The van der Waals surface area contributed by atoms with E-state index in [2.05, 4.69) is 4.98 Å². The molecule has 2 rings (SSSR count). The van der Waals surface area contributed by atoms with Crippen LogP contribution in [-0.4, -0.2) is 19.2 Å². The molecule has 1 aromatic carbocycles. The van der Waals surface area contributed by atoms with E-state index in [1.807, 2.05) is 0 Å². The Bertz CT molecular complexity index is 575. The van der Waals surface area contributed by atoms with Crippen molar-refractivity contribution in [3.8, 4) is 11.5 Å². The lowest BCUT2D eigenvalue weighted by atomic mass is 10.0. The molecule has 1 unspecified atom stereocenters. The van der Waals surface area contributed by atoms with Crippen molar-refractivity contribution in [3.63, 3.8) is 0 Å². The highest BCUT2D eigenvalue weighted by molar-refractivity contribution is 5.39. The number of rotatable bonds is 4. The number of nitrogens with zero attached hydrogens (tertiary/aromatic N) is 1. The van der Waals surface area contributed by atoms with Gasteiger partial charge in [0.05, 0.1) is 20.3 Å². The normalized spacial score (nSPS) is 12.0. The number of benzene rings is 1. The lowest BCUT2D eigenvalue weighted by Gasteiger charge is -2.15. The van der Waals surface area contributed by atoms with E-state index < -0.39 is 11.9 Å². The second-order valence-corrected chi connectivity index (χ2v) is 3.96. The number of halogens is 1. The Hall–Kier alpha value is -2.14. The van der Waals surface area contributed by atoms with Gasteiger partial charge in [0.2, 0.25) is 0 Å². The summed E-state index contributed by atoms with van der Waals surface area (Å²) in [6, 6.07) is 7.53. The largest absolute Gasteiger partial charge is 0.495 e. The van der Waals surface area contributed by atoms with Crippen LogP contribution in [0.4, 0.5) is 4.39 Å². The second kappa shape index (κ2) is 5.67. The molecule has 2 aromatic rings. The molecule has 0 saturated carbocycles. The first-order valence-corrected chi connectivity index (χ1v) is 5.75. The van der Waals surface area contributed by atoms with E-state index in [0.717, 1.165) is 0 Å². The van der Waals surface area contributed by atoms with Crippen molar-refractivity contribution in [2.45, 2.75) is 6.04 Å². The zero-order chi connectivity index (χ0) is 13.8. The molecule has 1 heterocycles. The SMILES string of the molecule is COc1cc(C(N)c2ncccc2OC)ccc1F. The van der Waals surface area contributed by atoms with Crippen LogP contribution in [0.5, 0.6) is 11.5 Å². The molecule has 0 aliphatic rings. The topological polar surface area (TPSA) is 57.4 Å². The predicted octanol–water partition coefficient (Wildman–Crippen LogP) is 2.29. The Morgan fingerprint density at radius 3 is 2.58 bits per heavy atom. The molecule has 0 spiro atoms. The van der Waals surface area contributed by atoms with Gasteiger partial charge in [-0.25, -0.2) is 4.39 Å². The third-order valence-corrected chi connectivity index (χ3v) is 2.85. The zero-order valence-electron chi connectivity index (χ0n) is 10.8. The number of hydrogen-bond donors (Lipinski definition) is 1. The van der Waals surface area contributed by atoms with Crippen molar-refractivity contribution in [1.82, 2.24) is 4.98 Å². The fourth-order valence-electron chi connectivity index (χ4n) is 1.84. The summed E-state index contributed by atoms with van der Waals surface area (Å²) in [4.78, 5) is 4.22. The van der Waals surface area contributed by atoms with Crippen molar-refractivity contribution in [2.75, 3.05) is 14.2 Å². The summed E-state index contributed by atoms with van der Waals surface area (Å²) < 4.78 is 23.5. The summed E-state index contributed by atoms with van der Waals surface area (Å²) in [5.41, 5.74) is 7.45. The minimum absolute atomic E-state index is 0.155. The van der Waals surface area contributed by atoms with Crippen LogP contribution in [0.2, 0.25) is 0 Å². The number of hydrogen-bond acceptors (Lipinski definition) is 4. The average molecular weight is 262 g/mol. The van der Waals surface area contributed by atoms with Crippen LogP contribution in [0.25, 0.3) is 0 Å². The van der Waals surface area contributed by atoms with Crippen LogP contribution in [0, 0.1) is 5.82 Å². The summed E-state index contributed by atoms with van der Waals surface area (Å²) in [5, 5.41) is 0. The zero-order valence-corrected chi connectivity index (χ0v) is 10.8. The molecule has 4 nitrogen and oxygen atoms in total. The molecule has 0 radical (unpaired) electrons. The predicted molar refractivity (Wildman–Crippen MR) is 69.8 cm³/mol. The van der Waals surface area contributed by atoms with Crippen LogP contribution < -0.4 is 15.2 Å². The van der Waals surface area contributed by atoms with E-state index in [0.29, 0.717) is 17.0 Å². The second-order valence-electron chi connectivity index (χ2n) is 3.96. The highest BCUT2D eigenvalue weighted by atomic mass is 19.1. The van der Waals surface area contributed by atoms with Crippen molar-refractivity contribution in [1.29, 1.82) is 0 Å². The molecule has 0 aliphatic carbocycles. The van der Waals surface area contributed by atoms with Crippen LogP contribution in [0.1, 0.15) is 17.3 Å². The van der Waals surface area contributed by atoms with Gasteiger partial charge in [-0.2, -0.15) is 0 Å². The molecule has 0 bridgehead atoms. The maximum Gasteiger partial charge on any atom is 0.165 e. The lowest BCUT2D eigenvalue weighted by Crippen LogP contribution is -2.15. The summed E-state index contributed by atoms with van der Waals surface area (Å²) >= 11 is 0. The molecular weight excluding hydrogens is 247 g/mol. The Morgan fingerprint density at radius 2 is 1.89 bits per heavy atom. The summed E-state index contributed by atoms with van der Waals surface area (Å²) in [7, 11) is 2.97. The van der Waals surface area contributed by atoms with Crippen molar-refractivity contribution >= 4 is 0 Å². The molecular formula is C14H15FN2O2. The van der Waals surface area contributed by atoms with E-state index in [9.17, 15) is 4.39 Å². The number of pyridine rings is 1. The first kappa shape index (κ1) is 13.3. The third-order valence-electron chi connectivity index (χ3n) is 2.85. The smallest absolute Gasteiger partial charge is 0.165 e. The molecule has 0 fully saturated rings. The highest BCUT2D eigenvalue weighted by Gasteiger charge is 2.17. The molecule has 5 heteroatoms. The summed E-state index contributed by atoms with van der Waals surface area (Å²) in [5.74, 6) is 0.326. The molecule has 0 aliphatic heterocycles. The van der Waals surface area contributed by atoms with Gasteiger partial charge in [0.1, 0.15) is 11.4 Å². The highest BCUT2D eigenvalue weighted by Crippen LogP contribution is 2.28. The van der Waals surface area contributed by atoms with Crippen LogP contribution in [0.3, 0.4) is 0 Å². The minimum atomic E-state index is -0.509. The number of nitrogens with two attached hydrogens (primary N) is 1. The van der Waals surface area contributed by atoms with Gasteiger partial charge < -0.3 is 15.2 Å². The van der Waals surface area contributed by atoms with E-state index in [1.54, 1.807) is 37.6 Å².